The van der Waals surface area contributed by atoms with Crippen LogP contribution in [-0.2, 0) is 9.59 Å². The predicted molar refractivity (Wildman–Crippen MR) is 94.1 cm³/mol. The van der Waals surface area contributed by atoms with Crippen molar-refractivity contribution >= 4 is 17.7 Å². The highest BCUT2D eigenvalue weighted by atomic mass is 16.2. The molecule has 1 N–H and O–H groups in total. The Balaban J connectivity index is 1.68. The molecule has 2 saturated heterocycles. The van der Waals surface area contributed by atoms with E-state index in [0.29, 0.717) is 25.1 Å². The van der Waals surface area contributed by atoms with Gasteiger partial charge in [-0.15, -0.1) is 0 Å². The average Bonchev–Trinajstić information content (AvgIpc) is 2.96. The first-order valence-corrected chi connectivity index (χ1v) is 8.73. The minimum Gasteiger partial charge on any atom is -0.347 e. The molecule has 2 heterocycles. The summed E-state index contributed by atoms with van der Waals surface area (Å²) in [4.78, 5) is 40.2. The smallest absolute Gasteiger partial charge is 0.251 e. The second-order valence-corrected chi connectivity index (χ2v) is 7.20. The van der Waals surface area contributed by atoms with Gasteiger partial charge in [0.2, 0.25) is 11.8 Å². The van der Waals surface area contributed by atoms with E-state index in [1.807, 2.05) is 36.9 Å². The van der Waals surface area contributed by atoms with E-state index in [9.17, 15) is 14.4 Å². The number of benzene rings is 1. The molecule has 1 aromatic rings. The highest BCUT2D eigenvalue weighted by molar-refractivity contribution is 5.95. The summed E-state index contributed by atoms with van der Waals surface area (Å²) < 4.78 is 0. The Kier molecular flexibility index (Phi) is 4.54. The summed E-state index contributed by atoms with van der Waals surface area (Å²) in [6, 6.07) is 5.13. The lowest BCUT2D eigenvalue weighted by molar-refractivity contribution is -0.151. The lowest BCUT2D eigenvalue weighted by Crippen LogP contribution is -2.59. The van der Waals surface area contributed by atoms with Crippen molar-refractivity contribution in [1.29, 1.82) is 0 Å². The maximum atomic E-state index is 12.5. The van der Waals surface area contributed by atoms with Crippen molar-refractivity contribution < 1.29 is 14.4 Å². The molecule has 3 atom stereocenters. The van der Waals surface area contributed by atoms with Crippen LogP contribution in [0.5, 0.6) is 0 Å². The maximum absolute atomic E-state index is 12.5. The van der Waals surface area contributed by atoms with Crippen LogP contribution >= 0.6 is 0 Å². The second-order valence-electron chi connectivity index (χ2n) is 7.20. The molecule has 2 fully saturated rings. The lowest BCUT2D eigenvalue weighted by atomic mass is 10.0. The topological polar surface area (TPSA) is 69.7 Å². The van der Waals surface area contributed by atoms with Gasteiger partial charge < -0.3 is 15.1 Å². The van der Waals surface area contributed by atoms with Crippen molar-refractivity contribution in [3.63, 3.8) is 0 Å². The zero-order valence-corrected chi connectivity index (χ0v) is 15.2. The van der Waals surface area contributed by atoms with Crippen LogP contribution in [0.25, 0.3) is 0 Å². The highest BCUT2D eigenvalue weighted by Crippen LogP contribution is 2.26. The van der Waals surface area contributed by atoms with E-state index in [-0.39, 0.29) is 29.8 Å². The first-order valence-electron chi connectivity index (χ1n) is 8.73. The molecule has 3 amide bonds. The van der Waals surface area contributed by atoms with Gasteiger partial charge in [0.25, 0.3) is 5.91 Å². The van der Waals surface area contributed by atoms with Gasteiger partial charge in [-0.3, -0.25) is 14.4 Å². The number of hydrogen-bond donors (Lipinski definition) is 1. The molecule has 2 aliphatic heterocycles. The first kappa shape index (κ1) is 17.5. The lowest BCUT2D eigenvalue weighted by Gasteiger charge is -2.40. The van der Waals surface area contributed by atoms with E-state index in [1.165, 1.54) is 6.92 Å². The van der Waals surface area contributed by atoms with Crippen LogP contribution in [-0.4, -0.2) is 58.7 Å². The van der Waals surface area contributed by atoms with Crippen molar-refractivity contribution in [2.75, 3.05) is 13.1 Å². The van der Waals surface area contributed by atoms with Gasteiger partial charge in [0.15, 0.2) is 0 Å². The Hall–Kier alpha value is -2.37. The number of nitrogens with zero attached hydrogens (tertiary/aromatic N) is 2. The second kappa shape index (κ2) is 6.50. The monoisotopic (exact) mass is 343 g/mol. The molecule has 0 aromatic heterocycles. The summed E-state index contributed by atoms with van der Waals surface area (Å²) in [6.07, 6.45) is 0.679. The molecule has 1 aromatic carbocycles. The minimum atomic E-state index is -0.428. The van der Waals surface area contributed by atoms with Gasteiger partial charge >= 0.3 is 0 Å². The van der Waals surface area contributed by atoms with Gasteiger partial charge in [0.1, 0.15) is 6.04 Å². The summed E-state index contributed by atoms with van der Waals surface area (Å²) in [7, 11) is 0. The number of carbonyl (C=O) groups excluding carboxylic acids is 3. The van der Waals surface area contributed by atoms with E-state index in [1.54, 1.807) is 11.8 Å². The molecular weight excluding hydrogens is 318 g/mol. The number of hydrogen-bond acceptors (Lipinski definition) is 3. The fourth-order valence-electron chi connectivity index (χ4n) is 3.78. The molecule has 0 spiro atoms. The van der Waals surface area contributed by atoms with Crippen LogP contribution in [0.1, 0.15) is 41.8 Å². The molecule has 2 aliphatic rings. The van der Waals surface area contributed by atoms with E-state index in [0.717, 1.165) is 11.1 Å². The van der Waals surface area contributed by atoms with Gasteiger partial charge in [-0.1, -0.05) is 6.07 Å². The highest BCUT2D eigenvalue weighted by Gasteiger charge is 2.44. The Morgan fingerprint density at radius 1 is 1.16 bits per heavy atom. The van der Waals surface area contributed by atoms with Crippen molar-refractivity contribution in [2.24, 2.45) is 0 Å². The van der Waals surface area contributed by atoms with E-state index >= 15 is 0 Å². The third-order valence-corrected chi connectivity index (χ3v) is 5.44. The van der Waals surface area contributed by atoms with Crippen LogP contribution in [0, 0.1) is 13.8 Å². The first-order chi connectivity index (χ1) is 11.8. The largest absolute Gasteiger partial charge is 0.347 e. The molecule has 6 nitrogen and oxygen atoms in total. The standard InChI is InChI=1S/C19H25N3O3/c1-11-5-6-15(7-12(11)2)18(24)20-16-8-17-10-21(14(4)23)13(3)19(25)22(17)9-16/h5-7,13,16-17H,8-10H2,1-4H3,(H,20,24)/t13-,16-,17-/m0/s1. The number of carbonyl (C=O) groups is 3. The average molecular weight is 343 g/mol. The fourth-order valence-corrected chi connectivity index (χ4v) is 3.78. The van der Waals surface area contributed by atoms with E-state index < -0.39 is 6.04 Å². The van der Waals surface area contributed by atoms with Gasteiger partial charge in [-0.2, -0.15) is 0 Å². The Labute approximate surface area is 148 Å². The third kappa shape index (κ3) is 3.25. The predicted octanol–water partition coefficient (Wildman–Crippen LogP) is 1.25. The molecule has 0 saturated carbocycles. The zero-order chi connectivity index (χ0) is 18.3. The summed E-state index contributed by atoms with van der Waals surface area (Å²) >= 11 is 0. The van der Waals surface area contributed by atoms with Crippen molar-refractivity contribution in [2.45, 2.75) is 52.2 Å². The molecule has 0 aliphatic carbocycles. The van der Waals surface area contributed by atoms with Crippen LogP contribution in [0.15, 0.2) is 18.2 Å². The molecule has 6 heteroatoms. The SMILES string of the molecule is CC(=O)N1C[C@@H]2C[C@H](NC(=O)c3ccc(C)c(C)c3)CN2C(=O)[C@@H]1C. The minimum absolute atomic E-state index is 0.0161. The summed E-state index contributed by atoms with van der Waals surface area (Å²) in [5, 5.41) is 3.04. The van der Waals surface area contributed by atoms with Crippen LogP contribution in [0.4, 0.5) is 0 Å². The van der Waals surface area contributed by atoms with Crippen molar-refractivity contribution in [3.05, 3.63) is 34.9 Å². The molecule has 3 rings (SSSR count). The molecule has 134 valence electrons. The van der Waals surface area contributed by atoms with Gasteiger partial charge in [-0.25, -0.2) is 0 Å². The van der Waals surface area contributed by atoms with Crippen molar-refractivity contribution in [3.8, 4) is 0 Å². The molecule has 25 heavy (non-hydrogen) atoms. The summed E-state index contributed by atoms with van der Waals surface area (Å²) in [6.45, 7) is 8.31. The van der Waals surface area contributed by atoms with Gasteiger partial charge in [0.05, 0.1) is 6.04 Å². The third-order valence-electron chi connectivity index (χ3n) is 5.44. The number of aryl methyl sites for hydroxylation is 2. The Morgan fingerprint density at radius 2 is 1.88 bits per heavy atom. The number of amides is 3. The number of fused-ring (bicyclic) bond motifs is 1. The van der Waals surface area contributed by atoms with Gasteiger partial charge in [0, 0.05) is 31.6 Å². The fraction of sp³-hybridized carbons (Fsp3) is 0.526. The van der Waals surface area contributed by atoms with Crippen LogP contribution in [0.3, 0.4) is 0 Å². The number of nitrogens with one attached hydrogen (secondary N) is 1. The van der Waals surface area contributed by atoms with E-state index in [4.69, 9.17) is 0 Å². The Morgan fingerprint density at radius 3 is 2.52 bits per heavy atom. The zero-order valence-electron chi connectivity index (χ0n) is 15.2. The summed E-state index contributed by atoms with van der Waals surface area (Å²) in [5.41, 5.74) is 2.87. The summed E-state index contributed by atoms with van der Waals surface area (Å²) in [5.74, 6) is -0.227. The maximum Gasteiger partial charge on any atom is 0.251 e. The number of piperazine rings is 1. The van der Waals surface area contributed by atoms with Gasteiger partial charge in [-0.05, 0) is 50.5 Å². The van der Waals surface area contributed by atoms with Crippen LogP contribution in [0.2, 0.25) is 0 Å². The van der Waals surface area contributed by atoms with Crippen LogP contribution < -0.4 is 5.32 Å². The van der Waals surface area contributed by atoms with E-state index in [2.05, 4.69) is 5.32 Å². The Bertz CT molecular complexity index is 731. The molecule has 0 unspecified atom stereocenters. The normalized spacial score (nSPS) is 25.8. The molecule has 0 radical (unpaired) electrons. The molecular formula is C19H25N3O3. The molecule has 0 bridgehead atoms. The van der Waals surface area contributed by atoms with Crippen molar-refractivity contribution in [1.82, 2.24) is 15.1 Å². The quantitative estimate of drug-likeness (QED) is 0.879. The number of rotatable bonds is 2.